The Kier molecular flexibility index (Phi) is 3.40. The van der Waals surface area contributed by atoms with Crippen molar-refractivity contribution in [3.05, 3.63) is 24.2 Å². The lowest BCUT2D eigenvalue weighted by atomic mass is 10.1. The molecule has 0 saturated carbocycles. The number of rotatable bonds is 2. The molecule has 6 N–H and O–H groups in total. The minimum Gasteiger partial charge on any atom is -0.394 e. The molecule has 0 amide bonds. The first-order chi connectivity index (χ1) is 8.45. The monoisotopic (exact) mass is 254 g/mol. The molecule has 4 atom stereocenters. The van der Waals surface area contributed by atoms with Gasteiger partial charge in [0.25, 0.3) is 0 Å². The van der Waals surface area contributed by atoms with E-state index >= 15 is 0 Å². The topological polar surface area (TPSA) is 117 Å². The average molecular weight is 254 g/mol. The highest BCUT2D eigenvalue weighted by molar-refractivity contribution is 5.97. The minimum atomic E-state index is -0.933. The summed E-state index contributed by atoms with van der Waals surface area (Å²) in [6.45, 7) is 5.30. The zero-order valence-electron chi connectivity index (χ0n) is 10.2. The summed E-state index contributed by atoms with van der Waals surface area (Å²) in [5, 5.41) is 19.1. The van der Waals surface area contributed by atoms with E-state index in [4.69, 9.17) is 21.3 Å². The van der Waals surface area contributed by atoms with Crippen LogP contribution in [0.15, 0.2) is 29.2 Å². The van der Waals surface area contributed by atoms with E-state index in [-0.39, 0.29) is 6.61 Å². The van der Waals surface area contributed by atoms with Crippen LogP contribution in [0.4, 0.5) is 0 Å². The van der Waals surface area contributed by atoms with Gasteiger partial charge in [0.05, 0.1) is 12.6 Å². The SMILES string of the molecule is C=C1N=C(N)C(C)=CN1[C@@H]1O[C@H](CO)C(N)[C@@H]1O. The number of aliphatic hydroxyl groups excluding tert-OH is 2. The van der Waals surface area contributed by atoms with E-state index < -0.39 is 24.5 Å². The van der Waals surface area contributed by atoms with Crippen molar-refractivity contribution in [2.45, 2.75) is 31.4 Å². The molecule has 2 aliphatic rings. The first-order valence-corrected chi connectivity index (χ1v) is 5.66. The van der Waals surface area contributed by atoms with Gasteiger partial charge in [0.1, 0.15) is 23.9 Å². The minimum absolute atomic E-state index is 0.247. The highest BCUT2D eigenvalue weighted by atomic mass is 16.5. The highest BCUT2D eigenvalue weighted by Crippen LogP contribution is 2.28. The molecule has 7 heteroatoms. The maximum absolute atomic E-state index is 10.0. The van der Waals surface area contributed by atoms with Crippen LogP contribution in [0.25, 0.3) is 0 Å². The number of hydrogen-bond donors (Lipinski definition) is 4. The second kappa shape index (κ2) is 4.69. The third-order valence-electron chi connectivity index (χ3n) is 3.17. The molecule has 0 aromatic rings. The number of nitrogens with two attached hydrogens (primary N) is 2. The lowest BCUT2D eigenvalue weighted by molar-refractivity contribution is -0.0686. The fraction of sp³-hybridized carbons (Fsp3) is 0.545. The lowest BCUT2D eigenvalue weighted by Crippen LogP contribution is -2.45. The summed E-state index contributed by atoms with van der Waals surface area (Å²) in [5.41, 5.74) is 12.2. The molecule has 1 saturated heterocycles. The molecular weight excluding hydrogens is 236 g/mol. The summed E-state index contributed by atoms with van der Waals surface area (Å²) < 4.78 is 5.51. The van der Waals surface area contributed by atoms with Gasteiger partial charge in [-0.1, -0.05) is 6.58 Å². The standard InChI is InChI=1S/C11H18N4O3/c1-5-3-15(6(2)14-10(5)13)11-9(17)8(12)7(4-16)18-11/h3,7-9,11,16-17H,2,4,12H2,1H3,(H2,13,14)/t7-,8?,9+,11-/m1/s1. The zero-order chi connectivity index (χ0) is 13.4. The van der Waals surface area contributed by atoms with Crippen LogP contribution in [0, 0.1) is 0 Å². The smallest absolute Gasteiger partial charge is 0.163 e. The van der Waals surface area contributed by atoms with Crippen molar-refractivity contribution in [3.8, 4) is 0 Å². The van der Waals surface area contributed by atoms with E-state index in [2.05, 4.69) is 11.6 Å². The van der Waals surface area contributed by atoms with Crippen LogP contribution in [-0.4, -0.2) is 52.0 Å². The van der Waals surface area contributed by atoms with Crippen molar-refractivity contribution in [2.24, 2.45) is 16.5 Å². The van der Waals surface area contributed by atoms with E-state index in [9.17, 15) is 5.11 Å². The second-order valence-electron chi connectivity index (χ2n) is 4.45. The third kappa shape index (κ3) is 2.01. The molecule has 2 heterocycles. The molecule has 18 heavy (non-hydrogen) atoms. The Morgan fingerprint density at radius 1 is 1.61 bits per heavy atom. The predicted molar refractivity (Wildman–Crippen MR) is 66.1 cm³/mol. The summed E-state index contributed by atoms with van der Waals surface area (Å²) in [6, 6.07) is -0.648. The Morgan fingerprint density at radius 2 is 2.28 bits per heavy atom. The number of aliphatic hydroxyl groups is 2. The van der Waals surface area contributed by atoms with Gasteiger partial charge < -0.3 is 31.3 Å². The van der Waals surface area contributed by atoms with E-state index in [0.29, 0.717) is 11.7 Å². The van der Waals surface area contributed by atoms with Crippen molar-refractivity contribution in [1.29, 1.82) is 0 Å². The molecule has 0 aliphatic carbocycles. The molecule has 0 aromatic heterocycles. The molecule has 0 bridgehead atoms. The zero-order valence-corrected chi connectivity index (χ0v) is 10.2. The van der Waals surface area contributed by atoms with Crippen LogP contribution >= 0.6 is 0 Å². The molecule has 1 unspecified atom stereocenters. The largest absolute Gasteiger partial charge is 0.394 e. The molecule has 100 valence electrons. The van der Waals surface area contributed by atoms with Crippen molar-refractivity contribution in [1.82, 2.24) is 4.90 Å². The van der Waals surface area contributed by atoms with Gasteiger partial charge in [-0.3, -0.25) is 0 Å². The van der Waals surface area contributed by atoms with Crippen LogP contribution in [0.3, 0.4) is 0 Å². The first kappa shape index (κ1) is 13.0. The molecule has 2 rings (SSSR count). The Hall–Kier alpha value is -1.41. The van der Waals surface area contributed by atoms with Gasteiger partial charge in [-0.15, -0.1) is 0 Å². The number of aliphatic imine (C=N–C) groups is 1. The highest BCUT2D eigenvalue weighted by Gasteiger charge is 2.44. The van der Waals surface area contributed by atoms with Gasteiger partial charge in [-0.25, -0.2) is 4.99 Å². The summed E-state index contributed by atoms with van der Waals surface area (Å²) >= 11 is 0. The van der Waals surface area contributed by atoms with E-state index in [0.717, 1.165) is 5.57 Å². The Bertz CT molecular complexity index is 421. The fourth-order valence-electron chi connectivity index (χ4n) is 2.01. The van der Waals surface area contributed by atoms with Gasteiger partial charge in [-0.05, 0) is 6.92 Å². The van der Waals surface area contributed by atoms with Crippen molar-refractivity contribution in [2.75, 3.05) is 6.61 Å². The quantitative estimate of drug-likeness (QED) is 0.473. The van der Waals surface area contributed by atoms with Crippen LogP contribution in [0.1, 0.15) is 6.92 Å². The Labute approximate surface area is 105 Å². The fourth-order valence-corrected chi connectivity index (χ4v) is 2.01. The maximum Gasteiger partial charge on any atom is 0.163 e. The van der Waals surface area contributed by atoms with Crippen molar-refractivity contribution >= 4 is 5.84 Å². The van der Waals surface area contributed by atoms with Crippen LogP contribution in [0.5, 0.6) is 0 Å². The lowest BCUT2D eigenvalue weighted by Gasteiger charge is -2.31. The molecule has 2 aliphatic heterocycles. The molecule has 0 aromatic carbocycles. The summed E-state index contributed by atoms with van der Waals surface area (Å²) in [5.74, 6) is 0.750. The summed E-state index contributed by atoms with van der Waals surface area (Å²) in [4.78, 5) is 5.64. The number of nitrogens with zero attached hydrogens (tertiary/aromatic N) is 2. The Balaban J connectivity index is 2.21. The van der Waals surface area contributed by atoms with Gasteiger partial charge in [-0.2, -0.15) is 0 Å². The molecule has 0 spiro atoms. The van der Waals surface area contributed by atoms with Crippen LogP contribution < -0.4 is 11.5 Å². The Morgan fingerprint density at radius 3 is 2.83 bits per heavy atom. The predicted octanol–water partition coefficient (Wildman–Crippen LogP) is -1.56. The van der Waals surface area contributed by atoms with Gasteiger partial charge in [0, 0.05) is 11.8 Å². The molecule has 0 radical (unpaired) electrons. The number of ether oxygens (including phenoxy) is 1. The summed E-state index contributed by atoms with van der Waals surface area (Å²) in [6.07, 6.45) is -0.547. The number of hydrogen-bond acceptors (Lipinski definition) is 7. The molecule has 7 nitrogen and oxygen atoms in total. The van der Waals surface area contributed by atoms with Gasteiger partial charge in [0.2, 0.25) is 0 Å². The maximum atomic E-state index is 10.0. The normalized spacial score (nSPS) is 36.7. The van der Waals surface area contributed by atoms with E-state index in [1.54, 1.807) is 18.0 Å². The number of amidine groups is 1. The van der Waals surface area contributed by atoms with Crippen molar-refractivity contribution in [3.63, 3.8) is 0 Å². The second-order valence-corrected chi connectivity index (χ2v) is 4.45. The van der Waals surface area contributed by atoms with E-state index in [1.165, 1.54) is 0 Å². The third-order valence-corrected chi connectivity index (χ3v) is 3.17. The van der Waals surface area contributed by atoms with Gasteiger partial charge >= 0.3 is 0 Å². The average Bonchev–Trinajstić information content (AvgIpc) is 2.61. The first-order valence-electron chi connectivity index (χ1n) is 5.66. The molecule has 1 fully saturated rings. The van der Waals surface area contributed by atoms with Gasteiger partial charge in [0.15, 0.2) is 6.23 Å². The summed E-state index contributed by atoms with van der Waals surface area (Å²) in [7, 11) is 0. The molecular formula is C11H18N4O3. The van der Waals surface area contributed by atoms with Crippen LogP contribution in [-0.2, 0) is 4.74 Å². The van der Waals surface area contributed by atoms with Crippen molar-refractivity contribution < 1.29 is 14.9 Å². The van der Waals surface area contributed by atoms with E-state index in [1.807, 2.05) is 0 Å². The van der Waals surface area contributed by atoms with Crippen LogP contribution in [0.2, 0.25) is 0 Å².